The van der Waals surface area contributed by atoms with E-state index in [1.807, 2.05) is 35.2 Å². The highest BCUT2D eigenvalue weighted by Crippen LogP contribution is 2.24. The fourth-order valence-corrected chi connectivity index (χ4v) is 3.87. The van der Waals surface area contributed by atoms with Gasteiger partial charge in [-0.25, -0.2) is 0 Å². The fourth-order valence-electron chi connectivity index (χ4n) is 2.98. The van der Waals surface area contributed by atoms with Crippen LogP contribution >= 0.6 is 11.3 Å². The highest BCUT2D eigenvalue weighted by Gasteiger charge is 2.22. The lowest BCUT2D eigenvalue weighted by Gasteiger charge is -2.28. The highest BCUT2D eigenvalue weighted by molar-refractivity contribution is 7.10. The van der Waals surface area contributed by atoms with Crippen LogP contribution < -0.4 is 5.32 Å². The van der Waals surface area contributed by atoms with Crippen LogP contribution in [0.15, 0.2) is 41.8 Å². The summed E-state index contributed by atoms with van der Waals surface area (Å²) in [6.45, 7) is 1.92. The summed E-state index contributed by atoms with van der Waals surface area (Å²) in [5.41, 5.74) is 2.39. The topological polar surface area (TPSA) is 52.6 Å². The molecule has 0 radical (unpaired) electrons. The van der Waals surface area contributed by atoms with Crippen molar-refractivity contribution in [2.75, 3.05) is 19.7 Å². The number of rotatable bonds is 6. The van der Waals surface area contributed by atoms with E-state index in [1.165, 1.54) is 10.4 Å². The number of nitrogens with one attached hydrogen (secondary N) is 1. The van der Waals surface area contributed by atoms with E-state index in [1.54, 1.807) is 11.3 Å². The number of hydrogen-bond donors (Lipinski definition) is 2. The molecule has 0 aliphatic carbocycles. The van der Waals surface area contributed by atoms with Crippen molar-refractivity contribution in [1.29, 1.82) is 0 Å². The third-order valence-electron chi connectivity index (χ3n) is 4.28. The zero-order valence-electron chi connectivity index (χ0n) is 13.1. The third-order valence-corrected chi connectivity index (χ3v) is 5.30. The van der Waals surface area contributed by atoms with Crippen molar-refractivity contribution in [2.24, 2.45) is 0 Å². The molecule has 0 bridgehead atoms. The van der Waals surface area contributed by atoms with Crippen LogP contribution in [0.5, 0.6) is 0 Å². The number of fused-ring (bicyclic) bond motifs is 1. The van der Waals surface area contributed by atoms with Crippen LogP contribution in [0.4, 0.5) is 0 Å². The number of hydrogen-bond acceptors (Lipinski definition) is 4. The first-order valence-corrected chi connectivity index (χ1v) is 8.88. The van der Waals surface area contributed by atoms with Crippen LogP contribution in [0.2, 0.25) is 0 Å². The van der Waals surface area contributed by atoms with Crippen molar-refractivity contribution in [2.45, 2.75) is 25.4 Å². The molecule has 0 saturated carbocycles. The van der Waals surface area contributed by atoms with Gasteiger partial charge in [0.05, 0.1) is 6.54 Å². The lowest BCUT2D eigenvalue weighted by molar-refractivity contribution is -0.131. The van der Waals surface area contributed by atoms with E-state index >= 15 is 0 Å². The molecule has 1 aromatic heterocycles. The van der Waals surface area contributed by atoms with Crippen molar-refractivity contribution in [1.82, 2.24) is 10.2 Å². The molecule has 1 unspecified atom stereocenters. The molecule has 23 heavy (non-hydrogen) atoms. The summed E-state index contributed by atoms with van der Waals surface area (Å²) in [6.07, 6.45) is 1.56. The zero-order chi connectivity index (χ0) is 16.1. The predicted molar refractivity (Wildman–Crippen MR) is 92.3 cm³/mol. The van der Waals surface area contributed by atoms with Crippen molar-refractivity contribution < 1.29 is 9.90 Å². The summed E-state index contributed by atoms with van der Waals surface area (Å²) in [5, 5.41) is 14.7. The molecular weight excluding hydrogens is 308 g/mol. The summed E-state index contributed by atoms with van der Waals surface area (Å²) in [4.78, 5) is 15.8. The number of carbonyl (C=O) groups is 1. The Morgan fingerprint density at radius 1 is 1.30 bits per heavy atom. The smallest absolute Gasteiger partial charge is 0.236 e. The van der Waals surface area contributed by atoms with Crippen LogP contribution in [0.1, 0.15) is 28.5 Å². The van der Waals surface area contributed by atoms with E-state index in [9.17, 15) is 9.90 Å². The average molecular weight is 330 g/mol. The minimum absolute atomic E-state index is 0.00616. The van der Waals surface area contributed by atoms with E-state index < -0.39 is 0 Å². The first-order chi connectivity index (χ1) is 11.3. The molecular formula is C18H22N2O2S. The Hall–Kier alpha value is -1.69. The second-order valence-electron chi connectivity index (χ2n) is 5.79. The third kappa shape index (κ3) is 3.99. The molecule has 0 fully saturated rings. The van der Waals surface area contributed by atoms with Gasteiger partial charge >= 0.3 is 0 Å². The zero-order valence-corrected chi connectivity index (χ0v) is 13.9. The SMILES string of the molecule is O=C(CNC(CCO)c1ccccc1)N1CCc2sccc2C1. The Bertz CT molecular complexity index is 641. The maximum absolute atomic E-state index is 12.5. The molecule has 3 rings (SSSR count). The number of aliphatic hydroxyl groups excluding tert-OH is 1. The molecule has 0 saturated heterocycles. The van der Waals surface area contributed by atoms with E-state index in [4.69, 9.17) is 0 Å². The molecule has 2 heterocycles. The molecule has 1 aliphatic heterocycles. The van der Waals surface area contributed by atoms with E-state index in [2.05, 4.69) is 16.8 Å². The Labute approximate surface area is 140 Å². The Morgan fingerprint density at radius 3 is 2.91 bits per heavy atom. The van der Waals surface area contributed by atoms with Crippen LogP contribution in [0.3, 0.4) is 0 Å². The van der Waals surface area contributed by atoms with Gasteiger partial charge in [0.2, 0.25) is 5.91 Å². The highest BCUT2D eigenvalue weighted by atomic mass is 32.1. The van der Waals surface area contributed by atoms with Gasteiger partial charge in [-0.2, -0.15) is 0 Å². The van der Waals surface area contributed by atoms with Crippen LogP contribution in [0.25, 0.3) is 0 Å². The Kier molecular flexibility index (Phi) is 5.43. The maximum atomic E-state index is 12.5. The van der Waals surface area contributed by atoms with Crippen molar-refractivity contribution in [3.63, 3.8) is 0 Å². The van der Waals surface area contributed by atoms with E-state index in [0.717, 1.165) is 25.1 Å². The van der Waals surface area contributed by atoms with Crippen LogP contribution in [0, 0.1) is 0 Å². The van der Waals surface area contributed by atoms with Gasteiger partial charge in [-0.1, -0.05) is 30.3 Å². The normalized spacial score (nSPS) is 15.3. The molecule has 0 spiro atoms. The lowest BCUT2D eigenvalue weighted by Crippen LogP contribution is -2.41. The number of amides is 1. The first-order valence-electron chi connectivity index (χ1n) is 8.00. The van der Waals surface area contributed by atoms with Gasteiger partial charge in [0.15, 0.2) is 0 Å². The van der Waals surface area contributed by atoms with Crippen molar-refractivity contribution in [3.05, 3.63) is 57.8 Å². The lowest BCUT2D eigenvalue weighted by atomic mass is 10.0. The molecule has 2 aromatic rings. The standard InChI is InChI=1S/C18H22N2O2S/c21-10-7-16(14-4-2-1-3-5-14)19-12-18(22)20-9-6-17-15(13-20)8-11-23-17/h1-5,8,11,16,19,21H,6-7,9-10,12-13H2. The predicted octanol–water partition coefficient (Wildman–Crippen LogP) is 2.35. The van der Waals surface area contributed by atoms with E-state index in [0.29, 0.717) is 13.0 Å². The average Bonchev–Trinajstić information content (AvgIpc) is 3.06. The Balaban J connectivity index is 1.57. The molecule has 4 nitrogen and oxygen atoms in total. The number of benzene rings is 1. The first kappa shape index (κ1) is 16.2. The number of aliphatic hydroxyl groups is 1. The Morgan fingerprint density at radius 2 is 2.13 bits per heavy atom. The van der Waals surface area contributed by atoms with Crippen molar-refractivity contribution in [3.8, 4) is 0 Å². The molecule has 1 atom stereocenters. The van der Waals surface area contributed by atoms with Crippen molar-refractivity contribution >= 4 is 17.2 Å². The van der Waals surface area contributed by atoms with Gasteiger partial charge in [-0.3, -0.25) is 4.79 Å². The van der Waals surface area contributed by atoms with Gasteiger partial charge in [0.1, 0.15) is 0 Å². The minimum Gasteiger partial charge on any atom is -0.396 e. The summed E-state index contributed by atoms with van der Waals surface area (Å²) < 4.78 is 0. The van der Waals surface area contributed by atoms with Gasteiger partial charge in [0, 0.05) is 30.6 Å². The van der Waals surface area contributed by atoms with Gasteiger partial charge < -0.3 is 15.3 Å². The number of thiophene rings is 1. The van der Waals surface area contributed by atoms with Crippen LogP contribution in [-0.4, -0.2) is 35.6 Å². The molecule has 122 valence electrons. The fraction of sp³-hybridized carbons (Fsp3) is 0.389. The minimum atomic E-state index is 0.00616. The maximum Gasteiger partial charge on any atom is 0.236 e. The summed E-state index contributed by atoms with van der Waals surface area (Å²) in [6, 6.07) is 12.1. The van der Waals surface area contributed by atoms with Gasteiger partial charge in [-0.05, 0) is 35.4 Å². The quantitative estimate of drug-likeness (QED) is 0.855. The molecule has 5 heteroatoms. The van der Waals surface area contributed by atoms with Gasteiger partial charge in [-0.15, -0.1) is 11.3 Å². The monoisotopic (exact) mass is 330 g/mol. The van der Waals surface area contributed by atoms with E-state index in [-0.39, 0.29) is 18.6 Å². The number of carbonyl (C=O) groups excluding carboxylic acids is 1. The molecule has 1 amide bonds. The molecule has 1 aliphatic rings. The second-order valence-corrected chi connectivity index (χ2v) is 6.79. The summed E-state index contributed by atoms with van der Waals surface area (Å²) >= 11 is 1.78. The summed E-state index contributed by atoms with van der Waals surface area (Å²) in [7, 11) is 0. The number of nitrogens with zero attached hydrogens (tertiary/aromatic N) is 1. The van der Waals surface area contributed by atoms with Crippen LogP contribution in [-0.2, 0) is 17.8 Å². The second kappa shape index (κ2) is 7.73. The van der Waals surface area contributed by atoms with Gasteiger partial charge in [0.25, 0.3) is 0 Å². The molecule has 1 aromatic carbocycles. The summed E-state index contributed by atoms with van der Waals surface area (Å²) in [5.74, 6) is 0.126. The largest absolute Gasteiger partial charge is 0.396 e. The molecule has 2 N–H and O–H groups in total.